The molecule has 0 saturated heterocycles. The molecule has 0 aliphatic heterocycles. The number of allylic oxidation sites excluding steroid dienone is 1. The summed E-state index contributed by atoms with van der Waals surface area (Å²) in [4.78, 5) is 25.4. The van der Waals surface area contributed by atoms with Crippen molar-refractivity contribution in [3.8, 4) is 0 Å². The fourth-order valence-corrected chi connectivity index (χ4v) is 1.10. The molecule has 0 bridgehead atoms. The zero-order valence-corrected chi connectivity index (χ0v) is 9.46. The van der Waals surface area contributed by atoms with Gasteiger partial charge in [0.05, 0.1) is 0 Å². The Balaban J connectivity index is 3.12. The highest BCUT2D eigenvalue weighted by Gasteiger charge is 2.08. The molecule has 1 aromatic carbocycles. The largest absolute Gasteiger partial charge is 0.478 e. The number of hydrogen-bond acceptors (Lipinski definition) is 4. The number of halogens is 1. The SMILES string of the molecule is CC(=O)O/N=C(\C=C\C(=O)O)c1ccccc1F. The normalized spacial score (nSPS) is 11.6. The van der Waals surface area contributed by atoms with E-state index in [1.54, 1.807) is 6.07 Å². The lowest BCUT2D eigenvalue weighted by molar-refractivity contribution is -0.140. The van der Waals surface area contributed by atoms with Gasteiger partial charge in [0.2, 0.25) is 0 Å². The molecule has 1 N–H and O–H groups in total. The van der Waals surface area contributed by atoms with E-state index < -0.39 is 17.8 Å². The minimum Gasteiger partial charge on any atom is -0.478 e. The van der Waals surface area contributed by atoms with Crippen LogP contribution in [0.2, 0.25) is 0 Å². The van der Waals surface area contributed by atoms with Crippen LogP contribution >= 0.6 is 0 Å². The third-order valence-corrected chi connectivity index (χ3v) is 1.81. The van der Waals surface area contributed by atoms with Crippen molar-refractivity contribution >= 4 is 17.7 Å². The molecule has 0 amide bonds. The van der Waals surface area contributed by atoms with Crippen LogP contribution in [0.15, 0.2) is 41.6 Å². The van der Waals surface area contributed by atoms with Gasteiger partial charge in [0.1, 0.15) is 11.5 Å². The first-order valence-electron chi connectivity index (χ1n) is 4.92. The highest BCUT2D eigenvalue weighted by atomic mass is 19.1. The molecule has 0 aromatic heterocycles. The van der Waals surface area contributed by atoms with Crippen LogP contribution in [0, 0.1) is 5.82 Å². The van der Waals surface area contributed by atoms with Crippen LogP contribution in [-0.2, 0) is 14.4 Å². The number of carbonyl (C=O) groups excluding carboxylic acids is 1. The Hall–Kier alpha value is -2.50. The third kappa shape index (κ3) is 4.17. The first-order chi connectivity index (χ1) is 8.50. The van der Waals surface area contributed by atoms with Gasteiger partial charge in [-0.25, -0.2) is 14.0 Å². The highest BCUT2D eigenvalue weighted by molar-refractivity contribution is 6.10. The van der Waals surface area contributed by atoms with E-state index in [-0.39, 0.29) is 11.3 Å². The number of carboxylic acid groups (broad SMARTS) is 1. The number of aliphatic carboxylic acids is 1. The number of benzene rings is 1. The minimum absolute atomic E-state index is 0.0382. The van der Waals surface area contributed by atoms with E-state index in [0.717, 1.165) is 19.1 Å². The van der Waals surface area contributed by atoms with Crippen molar-refractivity contribution in [2.24, 2.45) is 5.16 Å². The molecule has 1 aromatic rings. The molecule has 0 atom stereocenters. The number of carbonyl (C=O) groups is 2. The van der Waals surface area contributed by atoms with E-state index in [0.29, 0.717) is 0 Å². The summed E-state index contributed by atoms with van der Waals surface area (Å²) < 4.78 is 13.5. The monoisotopic (exact) mass is 251 g/mol. The number of carboxylic acids is 1. The van der Waals surface area contributed by atoms with Crippen molar-refractivity contribution in [1.82, 2.24) is 0 Å². The molecular formula is C12H10FNO4. The van der Waals surface area contributed by atoms with Gasteiger partial charge in [0.15, 0.2) is 0 Å². The second-order valence-electron chi connectivity index (χ2n) is 3.21. The van der Waals surface area contributed by atoms with Crippen molar-refractivity contribution in [1.29, 1.82) is 0 Å². The lowest BCUT2D eigenvalue weighted by Crippen LogP contribution is -2.04. The van der Waals surface area contributed by atoms with E-state index in [4.69, 9.17) is 5.11 Å². The second-order valence-corrected chi connectivity index (χ2v) is 3.21. The Morgan fingerprint density at radius 1 is 1.33 bits per heavy atom. The van der Waals surface area contributed by atoms with E-state index >= 15 is 0 Å². The zero-order chi connectivity index (χ0) is 13.5. The van der Waals surface area contributed by atoms with Gasteiger partial charge >= 0.3 is 11.9 Å². The molecule has 0 spiro atoms. The lowest BCUT2D eigenvalue weighted by Gasteiger charge is -2.02. The van der Waals surface area contributed by atoms with Gasteiger partial charge in [-0.05, 0) is 18.2 Å². The van der Waals surface area contributed by atoms with E-state index in [2.05, 4.69) is 9.99 Å². The van der Waals surface area contributed by atoms with Gasteiger partial charge in [0, 0.05) is 18.6 Å². The number of nitrogens with zero attached hydrogens (tertiary/aromatic N) is 1. The maximum absolute atomic E-state index is 13.5. The third-order valence-electron chi connectivity index (χ3n) is 1.81. The van der Waals surface area contributed by atoms with Gasteiger partial charge in [-0.2, -0.15) is 0 Å². The molecular weight excluding hydrogens is 241 g/mol. The first kappa shape index (κ1) is 13.6. The molecule has 0 fully saturated rings. The van der Waals surface area contributed by atoms with Crippen LogP contribution in [-0.4, -0.2) is 22.8 Å². The van der Waals surface area contributed by atoms with Crippen molar-refractivity contribution in [2.75, 3.05) is 0 Å². The van der Waals surface area contributed by atoms with Gasteiger partial charge < -0.3 is 9.94 Å². The van der Waals surface area contributed by atoms with Crippen molar-refractivity contribution in [3.05, 3.63) is 47.8 Å². The average Bonchev–Trinajstić information content (AvgIpc) is 2.30. The summed E-state index contributed by atoms with van der Waals surface area (Å²) in [6, 6.07) is 5.61. The second kappa shape index (κ2) is 6.29. The Bertz CT molecular complexity index is 523. The summed E-state index contributed by atoms with van der Waals surface area (Å²) in [5.41, 5.74) is -0.0537. The highest BCUT2D eigenvalue weighted by Crippen LogP contribution is 2.09. The summed E-state index contributed by atoms with van der Waals surface area (Å²) in [7, 11) is 0. The average molecular weight is 251 g/mol. The quantitative estimate of drug-likeness (QED) is 0.382. The van der Waals surface area contributed by atoms with Crippen LogP contribution < -0.4 is 0 Å². The zero-order valence-electron chi connectivity index (χ0n) is 9.46. The smallest absolute Gasteiger partial charge is 0.332 e. The van der Waals surface area contributed by atoms with Crippen LogP contribution in [0.3, 0.4) is 0 Å². The molecule has 5 nitrogen and oxygen atoms in total. The predicted molar refractivity (Wildman–Crippen MR) is 61.5 cm³/mol. The van der Waals surface area contributed by atoms with E-state index in [1.165, 1.54) is 18.2 Å². The number of oxime groups is 1. The maximum atomic E-state index is 13.5. The summed E-state index contributed by atoms with van der Waals surface area (Å²) in [5, 5.41) is 11.9. The standard InChI is InChI=1S/C12H10FNO4/c1-8(15)18-14-11(6-7-12(16)17)9-4-2-3-5-10(9)13/h2-7H,1H3,(H,16,17)/b7-6+,14-11+. The molecule has 94 valence electrons. The van der Waals surface area contributed by atoms with Gasteiger partial charge in [-0.3, -0.25) is 0 Å². The Morgan fingerprint density at radius 3 is 2.56 bits per heavy atom. The van der Waals surface area contributed by atoms with E-state index in [1.807, 2.05) is 0 Å². The topological polar surface area (TPSA) is 76.0 Å². The number of rotatable bonds is 4. The minimum atomic E-state index is -1.22. The first-order valence-corrected chi connectivity index (χ1v) is 4.92. The van der Waals surface area contributed by atoms with E-state index in [9.17, 15) is 14.0 Å². The molecule has 1 rings (SSSR count). The van der Waals surface area contributed by atoms with Crippen molar-refractivity contribution in [3.63, 3.8) is 0 Å². The molecule has 18 heavy (non-hydrogen) atoms. The molecule has 6 heteroatoms. The summed E-state index contributed by atoms with van der Waals surface area (Å²) >= 11 is 0. The van der Waals surface area contributed by atoms with Crippen LogP contribution in [0.25, 0.3) is 0 Å². The fourth-order valence-electron chi connectivity index (χ4n) is 1.10. The molecule has 0 heterocycles. The Kier molecular flexibility index (Phi) is 4.74. The molecule has 0 saturated carbocycles. The summed E-state index contributed by atoms with van der Waals surface area (Å²) in [5.74, 6) is -2.51. The molecule has 0 unspecified atom stereocenters. The van der Waals surface area contributed by atoms with Crippen molar-refractivity contribution in [2.45, 2.75) is 6.92 Å². The van der Waals surface area contributed by atoms with Gasteiger partial charge in [-0.15, -0.1) is 0 Å². The van der Waals surface area contributed by atoms with Gasteiger partial charge in [0.25, 0.3) is 0 Å². The molecule has 0 aliphatic carbocycles. The summed E-state index contributed by atoms with van der Waals surface area (Å²) in [6.07, 6.45) is 1.82. The van der Waals surface area contributed by atoms with Gasteiger partial charge in [-0.1, -0.05) is 17.3 Å². The Labute approximate surface area is 102 Å². The molecule has 0 radical (unpaired) electrons. The summed E-state index contributed by atoms with van der Waals surface area (Å²) in [6.45, 7) is 1.13. The van der Waals surface area contributed by atoms with Crippen LogP contribution in [0.4, 0.5) is 4.39 Å². The lowest BCUT2D eigenvalue weighted by atomic mass is 10.1. The molecule has 0 aliphatic rings. The van der Waals surface area contributed by atoms with Crippen molar-refractivity contribution < 1.29 is 23.9 Å². The number of hydrogen-bond donors (Lipinski definition) is 1. The maximum Gasteiger partial charge on any atom is 0.332 e. The Morgan fingerprint density at radius 2 is 2.00 bits per heavy atom. The van der Waals surface area contributed by atoms with Crippen LogP contribution in [0.5, 0.6) is 0 Å². The fraction of sp³-hybridized carbons (Fsp3) is 0.0833. The predicted octanol–water partition coefficient (Wildman–Crippen LogP) is 1.73. The van der Waals surface area contributed by atoms with Crippen LogP contribution in [0.1, 0.15) is 12.5 Å².